The highest BCUT2D eigenvalue weighted by atomic mass is 19.1. The zero-order chi connectivity index (χ0) is 21.0. The lowest BCUT2D eigenvalue weighted by Gasteiger charge is -2.20. The van der Waals surface area contributed by atoms with Crippen LogP contribution in [-0.2, 0) is 4.74 Å². The van der Waals surface area contributed by atoms with E-state index in [-0.39, 0.29) is 17.1 Å². The maximum atomic E-state index is 13.7. The molecule has 2 amide bonds. The first-order valence-corrected chi connectivity index (χ1v) is 8.84. The lowest BCUT2D eigenvalue weighted by atomic mass is 10.1. The van der Waals surface area contributed by atoms with Crippen molar-refractivity contribution in [1.29, 1.82) is 0 Å². The van der Waals surface area contributed by atoms with Crippen molar-refractivity contribution >= 4 is 23.4 Å². The molecule has 29 heavy (non-hydrogen) atoms. The molecular weight excluding hydrogens is 377 g/mol. The van der Waals surface area contributed by atoms with Gasteiger partial charge in [-0.25, -0.2) is 9.18 Å². The molecule has 0 unspecified atom stereocenters. The zero-order valence-electron chi connectivity index (χ0n) is 16.2. The number of hydrogen-bond acceptors (Lipinski definition) is 5. The number of halogens is 1. The Morgan fingerprint density at radius 2 is 1.72 bits per heavy atom. The summed E-state index contributed by atoms with van der Waals surface area (Å²) in [4.78, 5) is 24.5. The average Bonchev–Trinajstić information content (AvgIpc) is 3.13. The first-order chi connectivity index (χ1) is 13.7. The summed E-state index contributed by atoms with van der Waals surface area (Å²) in [5.74, 6) is -1.29. The standard InChI is InChI=1S/C21H20FN3O4/c1-21(2,3)28-20(27)24-15-10-9-14(22)11-17(15)23-19(26)18-12-16(25-29-18)13-7-5-4-6-8-13/h4-12H,1-3H3,(H,23,26)(H,24,27). The van der Waals surface area contributed by atoms with E-state index in [4.69, 9.17) is 9.26 Å². The predicted molar refractivity (Wildman–Crippen MR) is 106 cm³/mol. The number of carbonyl (C=O) groups is 2. The van der Waals surface area contributed by atoms with Gasteiger partial charge in [0.05, 0.1) is 11.4 Å². The van der Waals surface area contributed by atoms with Crippen molar-refractivity contribution in [2.75, 3.05) is 10.6 Å². The maximum absolute atomic E-state index is 13.7. The van der Waals surface area contributed by atoms with Gasteiger partial charge in [-0.1, -0.05) is 35.5 Å². The second-order valence-electron chi connectivity index (χ2n) is 7.21. The number of nitrogens with zero attached hydrogens (tertiary/aromatic N) is 1. The molecule has 2 N–H and O–H groups in total. The highest BCUT2D eigenvalue weighted by Crippen LogP contribution is 2.25. The van der Waals surface area contributed by atoms with Crippen LogP contribution in [0.1, 0.15) is 31.3 Å². The summed E-state index contributed by atoms with van der Waals surface area (Å²) in [5, 5.41) is 8.89. The van der Waals surface area contributed by atoms with Crippen molar-refractivity contribution in [2.24, 2.45) is 0 Å². The number of ether oxygens (including phenoxy) is 1. The summed E-state index contributed by atoms with van der Waals surface area (Å²) < 4.78 is 24.0. The molecule has 0 aliphatic carbocycles. The molecule has 0 aliphatic heterocycles. The van der Waals surface area contributed by atoms with Gasteiger partial charge in [0.2, 0.25) is 5.76 Å². The van der Waals surface area contributed by atoms with Gasteiger partial charge in [0.25, 0.3) is 5.91 Å². The van der Waals surface area contributed by atoms with E-state index >= 15 is 0 Å². The topological polar surface area (TPSA) is 93.5 Å². The number of anilines is 2. The third kappa shape index (κ3) is 5.41. The summed E-state index contributed by atoms with van der Waals surface area (Å²) in [6.45, 7) is 5.15. The largest absolute Gasteiger partial charge is 0.444 e. The highest BCUT2D eigenvalue weighted by molar-refractivity contribution is 6.05. The van der Waals surface area contributed by atoms with Gasteiger partial charge in [-0.2, -0.15) is 0 Å². The van der Waals surface area contributed by atoms with Crippen LogP contribution in [0.2, 0.25) is 0 Å². The van der Waals surface area contributed by atoms with Gasteiger partial charge in [0.1, 0.15) is 17.1 Å². The molecule has 1 heterocycles. The van der Waals surface area contributed by atoms with E-state index < -0.39 is 23.4 Å². The summed E-state index contributed by atoms with van der Waals surface area (Å²) in [6, 6.07) is 14.2. The van der Waals surface area contributed by atoms with Crippen LogP contribution in [0.15, 0.2) is 59.1 Å². The van der Waals surface area contributed by atoms with Crippen LogP contribution in [-0.4, -0.2) is 22.8 Å². The van der Waals surface area contributed by atoms with Gasteiger partial charge in [-0.3, -0.25) is 10.1 Å². The third-order valence-corrected chi connectivity index (χ3v) is 3.67. The molecule has 0 radical (unpaired) electrons. The average molecular weight is 397 g/mol. The molecule has 0 spiro atoms. The van der Waals surface area contributed by atoms with Gasteiger partial charge >= 0.3 is 6.09 Å². The minimum Gasteiger partial charge on any atom is -0.444 e. The van der Waals surface area contributed by atoms with Crippen molar-refractivity contribution in [3.63, 3.8) is 0 Å². The van der Waals surface area contributed by atoms with E-state index in [1.807, 2.05) is 30.3 Å². The van der Waals surface area contributed by atoms with Crippen molar-refractivity contribution in [1.82, 2.24) is 5.16 Å². The van der Waals surface area contributed by atoms with E-state index in [9.17, 15) is 14.0 Å². The fourth-order valence-electron chi connectivity index (χ4n) is 2.45. The second kappa shape index (κ2) is 8.14. The quantitative estimate of drug-likeness (QED) is 0.640. The van der Waals surface area contributed by atoms with E-state index in [1.54, 1.807) is 20.8 Å². The Labute approximate surface area is 166 Å². The van der Waals surface area contributed by atoms with E-state index in [0.717, 1.165) is 17.7 Å². The molecule has 8 heteroatoms. The number of aromatic nitrogens is 1. The van der Waals surface area contributed by atoms with Crippen LogP contribution in [0.5, 0.6) is 0 Å². The van der Waals surface area contributed by atoms with Crippen LogP contribution in [0, 0.1) is 5.82 Å². The Balaban J connectivity index is 1.77. The summed E-state index contributed by atoms with van der Waals surface area (Å²) in [6.07, 6.45) is -0.731. The molecule has 150 valence electrons. The molecule has 0 saturated carbocycles. The number of carbonyl (C=O) groups excluding carboxylic acids is 2. The lowest BCUT2D eigenvalue weighted by molar-refractivity contribution is 0.0635. The monoisotopic (exact) mass is 397 g/mol. The minimum atomic E-state index is -0.731. The Morgan fingerprint density at radius 1 is 1.00 bits per heavy atom. The molecule has 0 saturated heterocycles. The molecular formula is C21H20FN3O4. The number of amides is 2. The first-order valence-electron chi connectivity index (χ1n) is 8.84. The van der Waals surface area contributed by atoms with Crippen molar-refractivity contribution in [3.05, 3.63) is 66.2 Å². The number of hydrogen-bond donors (Lipinski definition) is 2. The SMILES string of the molecule is CC(C)(C)OC(=O)Nc1ccc(F)cc1NC(=O)c1cc(-c2ccccc2)no1. The Kier molecular flexibility index (Phi) is 5.63. The van der Waals surface area contributed by atoms with Gasteiger partial charge in [0.15, 0.2) is 0 Å². The maximum Gasteiger partial charge on any atom is 0.412 e. The predicted octanol–water partition coefficient (Wildman–Crippen LogP) is 5.08. The van der Waals surface area contributed by atoms with Gasteiger partial charge in [0, 0.05) is 11.6 Å². The Morgan fingerprint density at radius 3 is 2.41 bits per heavy atom. The molecule has 7 nitrogen and oxygen atoms in total. The van der Waals surface area contributed by atoms with Crippen LogP contribution in [0.3, 0.4) is 0 Å². The van der Waals surface area contributed by atoms with Crippen LogP contribution in [0.25, 0.3) is 11.3 Å². The Bertz CT molecular complexity index is 1030. The van der Waals surface area contributed by atoms with E-state index in [1.165, 1.54) is 12.1 Å². The van der Waals surface area contributed by atoms with E-state index in [0.29, 0.717) is 5.69 Å². The number of benzene rings is 2. The minimum absolute atomic E-state index is 0.0542. The highest BCUT2D eigenvalue weighted by Gasteiger charge is 2.20. The lowest BCUT2D eigenvalue weighted by Crippen LogP contribution is -2.27. The number of nitrogens with one attached hydrogen (secondary N) is 2. The smallest absolute Gasteiger partial charge is 0.412 e. The fourth-order valence-corrected chi connectivity index (χ4v) is 2.45. The van der Waals surface area contributed by atoms with Crippen molar-refractivity contribution in [3.8, 4) is 11.3 Å². The van der Waals surface area contributed by atoms with Gasteiger partial charge in [-0.05, 0) is 39.0 Å². The molecule has 3 rings (SSSR count). The van der Waals surface area contributed by atoms with Crippen LogP contribution < -0.4 is 10.6 Å². The summed E-state index contributed by atoms with van der Waals surface area (Å²) >= 11 is 0. The third-order valence-electron chi connectivity index (χ3n) is 3.67. The van der Waals surface area contributed by atoms with Crippen molar-refractivity contribution in [2.45, 2.75) is 26.4 Å². The van der Waals surface area contributed by atoms with Crippen molar-refractivity contribution < 1.29 is 23.2 Å². The normalized spacial score (nSPS) is 11.0. The molecule has 0 bridgehead atoms. The Hall–Kier alpha value is -3.68. The summed E-state index contributed by atoms with van der Waals surface area (Å²) in [5.41, 5.74) is 0.798. The molecule has 3 aromatic rings. The molecule has 0 atom stereocenters. The second-order valence-corrected chi connectivity index (χ2v) is 7.21. The zero-order valence-corrected chi connectivity index (χ0v) is 16.2. The van der Waals surface area contributed by atoms with E-state index in [2.05, 4.69) is 15.8 Å². The van der Waals surface area contributed by atoms with Crippen LogP contribution >= 0.6 is 0 Å². The fraction of sp³-hybridized carbons (Fsp3) is 0.190. The first kappa shape index (κ1) is 20.1. The van der Waals surface area contributed by atoms with Gasteiger partial charge < -0.3 is 14.6 Å². The number of rotatable bonds is 4. The van der Waals surface area contributed by atoms with Gasteiger partial charge in [-0.15, -0.1) is 0 Å². The molecule has 1 aromatic heterocycles. The molecule has 2 aromatic carbocycles. The summed E-state index contributed by atoms with van der Waals surface area (Å²) in [7, 11) is 0. The molecule has 0 aliphatic rings. The molecule has 0 fully saturated rings. The van der Waals surface area contributed by atoms with Crippen LogP contribution in [0.4, 0.5) is 20.6 Å².